The van der Waals surface area contributed by atoms with Gasteiger partial charge in [-0.25, -0.2) is 14.6 Å². The first-order chi connectivity index (χ1) is 8.28. The molecule has 7 heteroatoms. The molecule has 1 aromatic heterocycles. The highest BCUT2D eigenvalue weighted by atomic mass is 32.1. The van der Waals surface area contributed by atoms with Crippen LogP contribution in [0.3, 0.4) is 0 Å². The van der Waals surface area contributed by atoms with Gasteiger partial charge in [-0.2, -0.15) is 0 Å². The molecule has 1 aromatic rings. The lowest BCUT2D eigenvalue weighted by atomic mass is 10.2. The molecule has 0 unspecified atom stereocenters. The number of hydrogen-bond acceptors (Lipinski definition) is 5. The van der Waals surface area contributed by atoms with Crippen LogP contribution in [0.4, 0.5) is 4.79 Å². The molecule has 0 spiro atoms. The van der Waals surface area contributed by atoms with Gasteiger partial charge in [-0.3, -0.25) is 0 Å². The molecule has 100 valence electrons. The Bertz CT molecular complexity index is 411. The van der Waals surface area contributed by atoms with Crippen molar-refractivity contribution in [2.45, 2.75) is 38.8 Å². The van der Waals surface area contributed by atoms with Crippen LogP contribution in [-0.2, 0) is 16.0 Å². The molecule has 1 heterocycles. The Morgan fingerprint density at radius 2 is 2.22 bits per heavy atom. The van der Waals surface area contributed by atoms with Gasteiger partial charge in [0.2, 0.25) is 0 Å². The largest absolute Gasteiger partial charge is 0.480 e. The van der Waals surface area contributed by atoms with Crippen molar-refractivity contribution in [1.82, 2.24) is 10.3 Å². The first-order valence-electron chi connectivity index (χ1n) is 5.37. The van der Waals surface area contributed by atoms with E-state index in [1.54, 1.807) is 31.7 Å². The van der Waals surface area contributed by atoms with Gasteiger partial charge in [0.05, 0.1) is 11.2 Å². The van der Waals surface area contributed by atoms with E-state index in [1.807, 2.05) is 0 Å². The maximum atomic E-state index is 11.5. The number of aliphatic carboxylic acids is 1. The third kappa shape index (κ3) is 5.13. The Morgan fingerprint density at radius 1 is 1.56 bits per heavy atom. The summed E-state index contributed by atoms with van der Waals surface area (Å²) in [7, 11) is 0. The summed E-state index contributed by atoms with van der Waals surface area (Å²) in [5.41, 5.74) is 1.58. The first kappa shape index (κ1) is 14.4. The highest BCUT2D eigenvalue weighted by Gasteiger charge is 2.24. The van der Waals surface area contributed by atoms with Crippen LogP contribution in [-0.4, -0.2) is 33.8 Å². The van der Waals surface area contributed by atoms with E-state index in [1.165, 1.54) is 11.3 Å². The van der Waals surface area contributed by atoms with E-state index < -0.39 is 23.7 Å². The molecule has 0 bridgehead atoms. The minimum Gasteiger partial charge on any atom is -0.480 e. The summed E-state index contributed by atoms with van der Waals surface area (Å²) >= 11 is 1.37. The predicted molar refractivity (Wildman–Crippen MR) is 66.6 cm³/mol. The molecule has 0 aliphatic heterocycles. The summed E-state index contributed by atoms with van der Waals surface area (Å²) in [6.07, 6.45) is -0.608. The molecule has 0 aliphatic carbocycles. The van der Waals surface area contributed by atoms with Crippen LogP contribution >= 0.6 is 11.3 Å². The predicted octanol–water partition coefficient (Wildman–Crippen LogP) is 1.66. The molecule has 0 fully saturated rings. The Hall–Kier alpha value is -1.63. The van der Waals surface area contributed by atoms with Gasteiger partial charge < -0.3 is 15.2 Å². The summed E-state index contributed by atoms with van der Waals surface area (Å²) in [5.74, 6) is -1.12. The number of hydrogen-bond donors (Lipinski definition) is 2. The molecule has 18 heavy (non-hydrogen) atoms. The zero-order chi connectivity index (χ0) is 13.8. The van der Waals surface area contributed by atoms with Crippen LogP contribution in [0, 0.1) is 0 Å². The summed E-state index contributed by atoms with van der Waals surface area (Å²) in [4.78, 5) is 26.5. The molecule has 0 aliphatic rings. The lowest BCUT2D eigenvalue weighted by Crippen LogP contribution is -2.44. The number of carbonyl (C=O) groups is 2. The average Bonchev–Trinajstić information content (AvgIpc) is 2.66. The number of ether oxygens (including phenoxy) is 1. The van der Waals surface area contributed by atoms with E-state index in [0.29, 0.717) is 5.69 Å². The number of aromatic nitrogens is 1. The average molecular weight is 272 g/mol. The summed E-state index contributed by atoms with van der Waals surface area (Å²) in [6.45, 7) is 5.13. The summed E-state index contributed by atoms with van der Waals surface area (Å²) < 4.78 is 5.01. The van der Waals surface area contributed by atoms with Gasteiger partial charge in [-0.15, -0.1) is 11.3 Å². The summed E-state index contributed by atoms with van der Waals surface area (Å²) in [5, 5.41) is 13.1. The maximum Gasteiger partial charge on any atom is 0.408 e. The van der Waals surface area contributed by atoms with Gasteiger partial charge in [0.15, 0.2) is 0 Å². The number of amides is 1. The van der Waals surface area contributed by atoms with Crippen molar-refractivity contribution in [3.05, 3.63) is 16.6 Å². The molecule has 2 N–H and O–H groups in total. The highest BCUT2D eigenvalue weighted by Crippen LogP contribution is 2.08. The van der Waals surface area contributed by atoms with E-state index in [2.05, 4.69) is 10.3 Å². The lowest BCUT2D eigenvalue weighted by Gasteiger charge is -2.21. The van der Waals surface area contributed by atoms with E-state index in [4.69, 9.17) is 9.84 Å². The Balaban J connectivity index is 2.58. The van der Waals surface area contributed by atoms with Crippen LogP contribution < -0.4 is 5.32 Å². The Morgan fingerprint density at radius 3 is 2.67 bits per heavy atom. The molecule has 0 radical (unpaired) electrons. The third-order valence-corrected chi connectivity index (χ3v) is 2.52. The molecule has 0 saturated heterocycles. The number of nitrogens with zero attached hydrogens (tertiary/aromatic N) is 1. The molecule has 0 saturated carbocycles. The molecule has 1 rings (SSSR count). The van der Waals surface area contributed by atoms with Crippen molar-refractivity contribution in [2.75, 3.05) is 0 Å². The van der Waals surface area contributed by atoms with Crippen molar-refractivity contribution in [3.8, 4) is 0 Å². The van der Waals surface area contributed by atoms with E-state index in [0.717, 1.165) is 0 Å². The third-order valence-electron chi connectivity index (χ3n) is 1.89. The molecule has 6 nitrogen and oxygen atoms in total. The van der Waals surface area contributed by atoms with Crippen LogP contribution in [0.1, 0.15) is 26.5 Å². The van der Waals surface area contributed by atoms with Crippen LogP contribution in [0.5, 0.6) is 0 Å². The van der Waals surface area contributed by atoms with Crippen LogP contribution in [0.15, 0.2) is 10.9 Å². The van der Waals surface area contributed by atoms with Crippen molar-refractivity contribution in [1.29, 1.82) is 0 Å². The zero-order valence-corrected chi connectivity index (χ0v) is 11.3. The van der Waals surface area contributed by atoms with Crippen LogP contribution in [0.2, 0.25) is 0 Å². The second kappa shape index (κ2) is 5.81. The van der Waals surface area contributed by atoms with E-state index in [9.17, 15) is 9.59 Å². The Labute approximate surface area is 109 Å². The molecular formula is C11H16N2O4S. The van der Waals surface area contributed by atoms with Gasteiger partial charge in [0.25, 0.3) is 0 Å². The number of carboxylic acid groups (broad SMARTS) is 1. The lowest BCUT2D eigenvalue weighted by molar-refractivity contribution is -0.139. The van der Waals surface area contributed by atoms with Crippen LogP contribution in [0.25, 0.3) is 0 Å². The van der Waals surface area contributed by atoms with E-state index in [-0.39, 0.29) is 6.42 Å². The molecule has 0 aromatic carbocycles. The normalized spacial score (nSPS) is 12.8. The summed E-state index contributed by atoms with van der Waals surface area (Å²) in [6, 6.07) is -1.04. The standard InChI is InChI=1S/C11H16N2O4S/c1-11(2,3)17-10(16)13-8(9(14)15)4-7-5-18-6-12-7/h5-6,8H,4H2,1-3H3,(H,13,16)(H,14,15)/t8-/m1/s1. The minimum absolute atomic E-state index is 0.137. The smallest absolute Gasteiger partial charge is 0.408 e. The van der Waals surface area contributed by atoms with Crippen molar-refractivity contribution >= 4 is 23.4 Å². The van der Waals surface area contributed by atoms with Gasteiger partial charge in [-0.1, -0.05) is 0 Å². The highest BCUT2D eigenvalue weighted by molar-refractivity contribution is 7.07. The van der Waals surface area contributed by atoms with Gasteiger partial charge >= 0.3 is 12.1 Å². The Kier molecular flexibility index (Phi) is 4.66. The number of rotatable bonds is 4. The number of alkyl carbamates (subject to hydrolysis) is 1. The topological polar surface area (TPSA) is 88.5 Å². The quantitative estimate of drug-likeness (QED) is 0.870. The monoisotopic (exact) mass is 272 g/mol. The number of nitrogens with one attached hydrogen (secondary N) is 1. The van der Waals surface area contributed by atoms with Gasteiger partial charge in [0, 0.05) is 11.8 Å². The van der Waals surface area contributed by atoms with Gasteiger partial charge in [-0.05, 0) is 20.8 Å². The number of carboxylic acids is 1. The van der Waals surface area contributed by atoms with Gasteiger partial charge in [0.1, 0.15) is 11.6 Å². The second-order valence-electron chi connectivity index (χ2n) is 4.72. The maximum absolute atomic E-state index is 11.5. The van der Waals surface area contributed by atoms with Crippen molar-refractivity contribution in [2.24, 2.45) is 0 Å². The zero-order valence-electron chi connectivity index (χ0n) is 10.5. The SMILES string of the molecule is CC(C)(C)OC(=O)N[C@H](Cc1cscn1)C(=O)O. The fourth-order valence-corrected chi connectivity index (χ4v) is 1.77. The molecular weight excluding hydrogens is 256 g/mol. The fourth-order valence-electron chi connectivity index (χ4n) is 1.20. The minimum atomic E-state index is -1.12. The van der Waals surface area contributed by atoms with E-state index >= 15 is 0 Å². The molecule has 1 atom stereocenters. The fraction of sp³-hybridized carbons (Fsp3) is 0.545. The first-order valence-corrected chi connectivity index (χ1v) is 6.31. The number of carbonyl (C=O) groups excluding carboxylic acids is 1. The molecule has 1 amide bonds. The second-order valence-corrected chi connectivity index (χ2v) is 5.44. The van der Waals surface area contributed by atoms with Crippen molar-refractivity contribution in [3.63, 3.8) is 0 Å². The number of thiazole rings is 1. The van der Waals surface area contributed by atoms with Crippen molar-refractivity contribution < 1.29 is 19.4 Å².